The molecule has 3 rings (SSSR count). The number of carbonyl (C=O) groups excluding carboxylic acids is 1. The van der Waals surface area contributed by atoms with Crippen molar-refractivity contribution in [1.29, 1.82) is 0 Å². The van der Waals surface area contributed by atoms with Crippen LogP contribution < -0.4 is 10.1 Å². The van der Waals surface area contributed by atoms with Crippen molar-refractivity contribution in [3.8, 4) is 0 Å². The van der Waals surface area contributed by atoms with E-state index < -0.39 is 22.0 Å². The minimum absolute atomic E-state index is 0.132. The van der Waals surface area contributed by atoms with Crippen molar-refractivity contribution in [2.75, 3.05) is 0 Å². The van der Waals surface area contributed by atoms with E-state index in [1.165, 1.54) is 18.6 Å². The molecule has 0 heterocycles. The fourth-order valence-electron chi connectivity index (χ4n) is 3.29. The van der Waals surface area contributed by atoms with Crippen LogP contribution in [0, 0.1) is 6.92 Å². The minimum atomic E-state index is -3.84. The van der Waals surface area contributed by atoms with E-state index >= 15 is 0 Å². The second-order valence-corrected chi connectivity index (χ2v) is 9.11. The van der Waals surface area contributed by atoms with Gasteiger partial charge in [-0.3, -0.25) is 4.79 Å². The molecule has 1 fully saturated rings. The molecule has 2 aromatic carbocycles. The first-order valence-electron chi connectivity index (χ1n) is 9.92. The number of rotatable bonds is 7. The lowest BCUT2D eigenvalue weighted by molar-refractivity contribution is -0.122. The molecule has 2 N–H and O–H groups in total. The molecule has 0 aromatic heterocycles. The number of sulfonamides is 1. The number of amides is 1. The van der Waals surface area contributed by atoms with E-state index in [-0.39, 0.29) is 11.3 Å². The summed E-state index contributed by atoms with van der Waals surface area (Å²) in [6.07, 6.45) is 5.31. The normalized spacial score (nSPS) is 15.6. The maximum atomic E-state index is 12.8. The third-order valence-electron chi connectivity index (χ3n) is 4.98. The van der Waals surface area contributed by atoms with Gasteiger partial charge in [0.2, 0.25) is 10.0 Å². The molecule has 0 bridgehead atoms. The fraction of sp³-hybridized carbons (Fsp3) is 0.364. The first-order chi connectivity index (χ1) is 13.9. The van der Waals surface area contributed by atoms with Crippen LogP contribution in [0.1, 0.15) is 43.2 Å². The quantitative estimate of drug-likeness (QED) is 0.683. The Balaban J connectivity index is 1.78. The van der Waals surface area contributed by atoms with Crippen LogP contribution in [0.4, 0.5) is 0 Å². The van der Waals surface area contributed by atoms with Gasteiger partial charge in [-0.25, -0.2) is 13.8 Å². The van der Waals surface area contributed by atoms with Crippen LogP contribution in [0.25, 0.3) is 0 Å². The Morgan fingerprint density at radius 2 is 1.66 bits per heavy atom. The summed E-state index contributed by atoms with van der Waals surface area (Å²) in [5.41, 5.74) is 5.37. The topological polar surface area (TPSA) is 87.6 Å². The number of benzene rings is 2. The molecule has 1 saturated carbocycles. The van der Waals surface area contributed by atoms with Crippen LogP contribution in [-0.4, -0.2) is 26.1 Å². The Kier molecular flexibility index (Phi) is 7.17. The second kappa shape index (κ2) is 9.80. The predicted octanol–water partition coefficient (Wildman–Crippen LogP) is 3.32. The lowest BCUT2D eigenvalue weighted by Gasteiger charge is -2.18. The third kappa shape index (κ3) is 6.24. The fourth-order valence-corrected chi connectivity index (χ4v) is 4.49. The highest BCUT2D eigenvalue weighted by Crippen LogP contribution is 2.15. The SMILES string of the molecule is Cc1ccc(S(=O)(=O)N[C@@H](Cc2ccccc2)C(=O)NN=C2CCCCC2)cc1. The third-order valence-corrected chi connectivity index (χ3v) is 6.47. The van der Waals surface area contributed by atoms with Gasteiger partial charge in [-0.15, -0.1) is 0 Å². The Hall–Kier alpha value is -2.51. The van der Waals surface area contributed by atoms with Crippen LogP contribution in [0.3, 0.4) is 0 Å². The standard InChI is InChI=1S/C22H27N3O3S/c1-17-12-14-20(15-13-17)29(27,28)25-21(16-18-8-4-2-5-9-18)22(26)24-23-19-10-6-3-7-11-19/h2,4-5,8-9,12-15,21,25H,3,6-7,10-11,16H2,1H3,(H,24,26)/t21-/m0/s1. The Bertz CT molecular complexity index is 947. The van der Waals surface area contributed by atoms with Gasteiger partial charge in [0.1, 0.15) is 6.04 Å². The molecule has 0 radical (unpaired) electrons. The first-order valence-corrected chi connectivity index (χ1v) is 11.4. The summed E-state index contributed by atoms with van der Waals surface area (Å²) in [5, 5.41) is 4.24. The van der Waals surface area contributed by atoms with Crippen LogP contribution in [-0.2, 0) is 21.2 Å². The van der Waals surface area contributed by atoms with Crippen LogP contribution in [0.2, 0.25) is 0 Å². The van der Waals surface area contributed by atoms with Gasteiger partial charge in [0, 0.05) is 5.71 Å². The van der Waals surface area contributed by atoms with Gasteiger partial charge in [0.15, 0.2) is 0 Å². The summed E-state index contributed by atoms with van der Waals surface area (Å²) in [4.78, 5) is 12.9. The highest BCUT2D eigenvalue weighted by molar-refractivity contribution is 7.89. The molecular weight excluding hydrogens is 386 g/mol. The van der Waals surface area contributed by atoms with Crippen LogP contribution in [0.5, 0.6) is 0 Å². The smallest absolute Gasteiger partial charge is 0.258 e. The van der Waals surface area contributed by atoms with Crippen LogP contribution in [0.15, 0.2) is 64.6 Å². The average Bonchev–Trinajstić information content (AvgIpc) is 2.73. The maximum Gasteiger partial charge on any atom is 0.258 e. The van der Waals surface area contributed by atoms with Crippen LogP contribution >= 0.6 is 0 Å². The van der Waals surface area contributed by atoms with Gasteiger partial charge in [-0.1, -0.05) is 54.4 Å². The van der Waals surface area contributed by atoms with Gasteiger partial charge in [-0.2, -0.15) is 9.82 Å². The zero-order valence-corrected chi connectivity index (χ0v) is 17.4. The number of hydrazone groups is 1. The number of nitrogens with zero attached hydrogens (tertiary/aromatic N) is 1. The number of hydrogen-bond acceptors (Lipinski definition) is 4. The molecule has 1 aliphatic rings. The first kappa shape index (κ1) is 21.2. The highest BCUT2D eigenvalue weighted by Gasteiger charge is 2.26. The van der Waals surface area contributed by atoms with Gasteiger partial charge >= 0.3 is 0 Å². The second-order valence-electron chi connectivity index (χ2n) is 7.39. The predicted molar refractivity (Wildman–Crippen MR) is 114 cm³/mol. The Morgan fingerprint density at radius 3 is 2.31 bits per heavy atom. The lowest BCUT2D eigenvalue weighted by atomic mass is 9.99. The molecule has 2 aromatic rings. The zero-order valence-electron chi connectivity index (χ0n) is 16.6. The lowest BCUT2D eigenvalue weighted by Crippen LogP contribution is -2.46. The molecule has 1 amide bonds. The van der Waals surface area contributed by atoms with E-state index in [2.05, 4.69) is 15.2 Å². The Morgan fingerprint density at radius 1 is 1.00 bits per heavy atom. The summed E-state index contributed by atoms with van der Waals surface area (Å²) in [7, 11) is -3.84. The molecule has 0 saturated heterocycles. The molecule has 6 nitrogen and oxygen atoms in total. The molecule has 0 aliphatic heterocycles. The van der Waals surface area contributed by atoms with E-state index in [0.29, 0.717) is 0 Å². The summed E-state index contributed by atoms with van der Waals surface area (Å²) < 4.78 is 28.2. The number of hydrogen-bond donors (Lipinski definition) is 2. The molecule has 0 spiro atoms. The molecule has 154 valence electrons. The Labute approximate surface area is 172 Å². The van der Waals surface area contributed by atoms with Crippen molar-refractivity contribution in [3.63, 3.8) is 0 Å². The minimum Gasteiger partial charge on any atom is -0.271 e. The van der Waals surface area contributed by atoms with E-state index in [0.717, 1.165) is 42.5 Å². The van der Waals surface area contributed by atoms with Crippen molar-refractivity contribution in [2.45, 2.75) is 56.4 Å². The van der Waals surface area contributed by atoms with E-state index in [4.69, 9.17) is 0 Å². The molecule has 1 atom stereocenters. The van der Waals surface area contributed by atoms with Gasteiger partial charge in [-0.05, 0) is 56.7 Å². The van der Waals surface area contributed by atoms with Crippen molar-refractivity contribution in [2.24, 2.45) is 5.10 Å². The summed E-state index contributed by atoms with van der Waals surface area (Å²) in [6, 6.07) is 14.9. The molecular formula is C22H27N3O3S. The summed E-state index contributed by atoms with van der Waals surface area (Å²) in [6.45, 7) is 1.89. The van der Waals surface area contributed by atoms with E-state index in [1.54, 1.807) is 12.1 Å². The van der Waals surface area contributed by atoms with Crippen molar-refractivity contribution in [1.82, 2.24) is 10.1 Å². The summed E-state index contributed by atoms with van der Waals surface area (Å²) >= 11 is 0. The van der Waals surface area contributed by atoms with Gasteiger partial charge < -0.3 is 0 Å². The number of aryl methyl sites for hydroxylation is 1. The molecule has 7 heteroatoms. The highest BCUT2D eigenvalue weighted by atomic mass is 32.2. The monoisotopic (exact) mass is 413 g/mol. The number of nitrogens with one attached hydrogen (secondary N) is 2. The molecule has 0 unspecified atom stereocenters. The maximum absolute atomic E-state index is 12.8. The van der Waals surface area contributed by atoms with Crippen molar-refractivity contribution >= 4 is 21.6 Å². The molecule has 29 heavy (non-hydrogen) atoms. The van der Waals surface area contributed by atoms with Crippen molar-refractivity contribution < 1.29 is 13.2 Å². The zero-order chi connectivity index (χ0) is 20.7. The van der Waals surface area contributed by atoms with Crippen molar-refractivity contribution in [3.05, 3.63) is 65.7 Å². The summed E-state index contributed by atoms with van der Waals surface area (Å²) in [5.74, 6) is -0.456. The average molecular weight is 414 g/mol. The number of carbonyl (C=O) groups is 1. The van der Waals surface area contributed by atoms with E-state index in [9.17, 15) is 13.2 Å². The van der Waals surface area contributed by atoms with Gasteiger partial charge in [0.25, 0.3) is 5.91 Å². The van der Waals surface area contributed by atoms with Gasteiger partial charge in [0.05, 0.1) is 4.90 Å². The van der Waals surface area contributed by atoms with E-state index in [1.807, 2.05) is 37.3 Å². The largest absolute Gasteiger partial charge is 0.271 e. The molecule has 1 aliphatic carbocycles.